The van der Waals surface area contributed by atoms with Crippen LogP contribution in [0.4, 0.5) is 11.5 Å². The normalized spacial score (nSPS) is 20.5. The predicted octanol–water partition coefficient (Wildman–Crippen LogP) is 0.646. The summed E-state index contributed by atoms with van der Waals surface area (Å²) in [6, 6.07) is 2.36. The van der Waals surface area contributed by atoms with Gasteiger partial charge < -0.3 is 15.7 Å². The monoisotopic (exact) mass is 262 g/mol. The zero-order valence-electron chi connectivity index (χ0n) is 10.7. The molecule has 2 fully saturated rings. The van der Waals surface area contributed by atoms with Gasteiger partial charge in [0.2, 0.25) is 0 Å². The maximum Gasteiger partial charge on any atom is 0.337 e. The van der Waals surface area contributed by atoms with Crippen LogP contribution in [0, 0.1) is 0 Å². The molecular weight excluding hydrogens is 244 g/mol. The molecule has 6 nitrogen and oxygen atoms in total. The fourth-order valence-electron chi connectivity index (χ4n) is 2.57. The summed E-state index contributed by atoms with van der Waals surface area (Å²) in [6.07, 6.45) is 4.08. The topological polar surface area (TPSA) is 82.7 Å². The van der Waals surface area contributed by atoms with Crippen LogP contribution in [-0.4, -0.2) is 53.2 Å². The van der Waals surface area contributed by atoms with Crippen LogP contribution in [-0.2, 0) is 0 Å². The first-order chi connectivity index (χ1) is 9.15. The van der Waals surface area contributed by atoms with Crippen molar-refractivity contribution in [2.24, 2.45) is 0 Å². The number of hydrogen-bond acceptors (Lipinski definition) is 5. The maximum absolute atomic E-state index is 11.1. The van der Waals surface area contributed by atoms with Gasteiger partial charge in [0.25, 0.3) is 0 Å². The Morgan fingerprint density at radius 3 is 2.58 bits per heavy atom. The Kier molecular flexibility index (Phi) is 3.02. The number of piperazine rings is 1. The number of nitrogen functional groups attached to an aromatic ring is 1. The Morgan fingerprint density at radius 1 is 1.32 bits per heavy atom. The minimum absolute atomic E-state index is 0.134. The number of pyridine rings is 1. The summed E-state index contributed by atoms with van der Waals surface area (Å²) >= 11 is 0. The molecule has 102 valence electrons. The molecule has 19 heavy (non-hydrogen) atoms. The number of carboxylic acids is 1. The second kappa shape index (κ2) is 4.70. The number of hydrogen-bond donors (Lipinski definition) is 2. The Balaban J connectivity index is 1.72. The first-order valence-corrected chi connectivity index (χ1v) is 6.63. The molecule has 6 heteroatoms. The van der Waals surface area contributed by atoms with Gasteiger partial charge in [-0.3, -0.25) is 4.90 Å². The molecule has 0 radical (unpaired) electrons. The molecule has 2 heterocycles. The van der Waals surface area contributed by atoms with Gasteiger partial charge in [-0.05, 0) is 18.9 Å². The summed E-state index contributed by atoms with van der Waals surface area (Å²) in [4.78, 5) is 20.0. The zero-order valence-corrected chi connectivity index (χ0v) is 10.7. The van der Waals surface area contributed by atoms with Crippen molar-refractivity contribution < 1.29 is 9.90 Å². The lowest BCUT2D eigenvalue weighted by Gasteiger charge is -2.35. The molecular formula is C13H18N4O2. The lowest BCUT2D eigenvalue weighted by Crippen LogP contribution is -2.47. The van der Waals surface area contributed by atoms with E-state index in [1.807, 2.05) is 0 Å². The second-order valence-corrected chi connectivity index (χ2v) is 5.19. The first-order valence-electron chi connectivity index (χ1n) is 6.63. The third-order valence-electron chi connectivity index (χ3n) is 3.85. The van der Waals surface area contributed by atoms with Crippen molar-refractivity contribution in [2.75, 3.05) is 36.8 Å². The van der Waals surface area contributed by atoms with E-state index in [0.29, 0.717) is 5.82 Å². The summed E-state index contributed by atoms with van der Waals surface area (Å²) in [5.41, 5.74) is 5.97. The Bertz CT molecular complexity index is 493. The van der Waals surface area contributed by atoms with Gasteiger partial charge in [-0.1, -0.05) is 0 Å². The van der Waals surface area contributed by atoms with Gasteiger partial charge in [0.15, 0.2) is 0 Å². The molecule has 0 aromatic carbocycles. The summed E-state index contributed by atoms with van der Waals surface area (Å²) < 4.78 is 0. The maximum atomic E-state index is 11.1. The smallest absolute Gasteiger partial charge is 0.337 e. The molecule has 1 aliphatic heterocycles. The largest absolute Gasteiger partial charge is 0.478 e. The van der Waals surface area contributed by atoms with Crippen LogP contribution in [0.1, 0.15) is 23.2 Å². The van der Waals surface area contributed by atoms with Gasteiger partial charge in [0.05, 0.1) is 17.4 Å². The SMILES string of the molecule is Nc1cnc(N2CCN(C3CC3)CC2)cc1C(=O)O. The lowest BCUT2D eigenvalue weighted by atomic mass is 10.2. The lowest BCUT2D eigenvalue weighted by molar-refractivity contribution is 0.0698. The molecule has 3 N–H and O–H groups in total. The highest BCUT2D eigenvalue weighted by atomic mass is 16.4. The molecule has 1 aromatic rings. The van der Waals surface area contributed by atoms with Gasteiger partial charge >= 0.3 is 5.97 Å². The molecule has 1 saturated carbocycles. The third kappa shape index (κ3) is 2.49. The Labute approximate surface area is 111 Å². The summed E-state index contributed by atoms with van der Waals surface area (Å²) in [5, 5.41) is 9.08. The number of aromatic nitrogens is 1. The van der Waals surface area contributed by atoms with E-state index in [-0.39, 0.29) is 11.3 Å². The minimum Gasteiger partial charge on any atom is -0.478 e. The molecule has 0 spiro atoms. The van der Waals surface area contributed by atoms with E-state index in [4.69, 9.17) is 10.8 Å². The van der Waals surface area contributed by atoms with Crippen LogP contribution in [0.15, 0.2) is 12.3 Å². The van der Waals surface area contributed by atoms with Crippen molar-refractivity contribution in [2.45, 2.75) is 18.9 Å². The van der Waals surface area contributed by atoms with Crippen molar-refractivity contribution in [3.8, 4) is 0 Å². The van der Waals surface area contributed by atoms with Crippen LogP contribution in [0.25, 0.3) is 0 Å². The minimum atomic E-state index is -1.00. The van der Waals surface area contributed by atoms with Crippen molar-refractivity contribution >= 4 is 17.5 Å². The molecule has 0 atom stereocenters. The summed E-state index contributed by atoms with van der Waals surface area (Å²) in [5.74, 6) is -0.292. The number of carbonyl (C=O) groups is 1. The predicted molar refractivity (Wildman–Crippen MR) is 72.4 cm³/mol. The highest BCUT2D eigenvalue weighted by Crippen LogP contribution is 2.28. The molecule has 0 amide bonds. The number of anilines is 2. The van der Waals surface area contributed by atoms with Crippen LogP contribution < -0.4 is 10.6 Å². The molecule has 3 rings (SSSR count). The average molecular weight is 262 g/mol. The van der Waals surface area contributed by atoms with E-state index in [0.717, 1.165) is 32.2 Å². The molecule has 1 aliphatic carbocycles. The van der Waals surface area contributed by atoms with E-state index >= 15 is 0 Å². The third-order valence-corrected chi connectivity index (χ3v) is 3.85. The highest BCUT2D eigenvalue weighted by Gasteiger charge is 2.31. The van der Waals surface area contributed by atoms with Gasteiger partial charge in [0, 0.05) is 32.2 Å². The Hall–Kier alpha value is -1.82. The van der Waals surface area contributed by atoms with Gasteiger partial charge in [-0.2, -0.15) is 0 Å². The van der Waals surface area contributed by atoms with Gasteiger partial charge in [0.1, 0.15) is 5.82 Å². The van der Waals surface area contributed by atoms with Crippen molar-refractivity contribution in [1.82, 2.24) is 9.88 Å². The summed E-state index contributed by atoms with van der Waals surface area (Å²) in [7, 11) is 0. The number of rotatable bonds is 3. The van der Waals surface area contributed by atoms with Crippen LogP contribution in [0.5, 0.6) is 0 Å². The fraction of sp³-hybridized carbons (Fsp3) is 0.538. The highest BCUT2D eigenvalue weighted by molar-refractivity contribution is 5.94. The molecule has 1 aromatic heterocycles. The molecule has 0 bridgehead atoms. The van der Waals surface area contributed by atoms with Crippen molar-refractivity contribution in [3.05, 3.63) is 17.8 Å². The number of aromatic carboxylic acids is 1. The van der Waals surface area contributed by atoms with Crippen LogP contribution >= 0.6 is 0 Å². The first kappa shape index (κ1) is 12.2. The van der Waals surface area contributed by atoms with Crippen molar-refractivity contribution in [3.63, 3.8) is 0 Å². The van der Waals surface area contributed by atoms with E-state index in [2.05, 4.69) is 14.8 Å². The molecule has 0 unspecified atom stereocenters. The molecule has 2 aliphatic rings. The van der Waals surface area contributed by atoms with E-state index in [1.165, 1.54) is 19.0 Å². The van der Waals surface area contributed by atoms with E-state index < -0.39 is 5.97 Å². The summed E-state index contributed by atoms with van der Waals surface area (Å²) in [6.45, 7) is 3.84. The van der Waals surface area contributed by atoms with Crippen molar-refractivity contribution in [1.29, 1.82) is 0 Å². The van der Waals surface area contributed by atoms with Crippen LogP contribution in [0.3, 0.4) is 0 Å². The zero-order chi connectivity index (χ0) is 13.4. The second-order valence-electron chi connectivity index (χ2n) is 5.19. The molecule has 1 saturated heterocycles. The number of carboxylic acid groups (broad SMARTS) is 1. The quantitative estimate of drug-likeness (QED) is 0.832. The van der Waals surface area contributed by atoms with E-state index in [1.54, 1.807) is 6.07 Å². The number of nitrogens with two attached hydrogens (primary N) is 1. The van der Waals surface area contributed by atoms with Crippen LogP contribution in [0.2, 0.25) is 0 Å². The Morgan fingerprint density at radius 2 is 2.00 bits per heavy atom. The number of nitrogens with zero attached hydrogens (tertiary/aromatic N) is 3. The van der Waals surface area contributed by atoms with E-state index in [9.17, 15) is 4.79 Å². The van der Waals surface area contributed by atoms with Gasteiger partial charge in [-0.15, -0.1) is 0 Å². The standard InChI is InChI=1S/C13H18N4O2/c14-11-8-15-12(7-10(11)13(18)19)17-5-3-16(4-6-17)9-1-2-9/h7-9H,1-6,14H2,(H,18,19). The fourth-order valence-corrected chi connectivity index (χ4v) is 2.57. The average Bonchev–Trinajstić information content (AvgIpc) is 3.23. The van der Waals surface area contributed by atoms with Gasteiger partial charge in [-0.25, -0.2) is 9.78 Å².